The molecule has 1 atom stereocenters. The molecule has 1 N–H and O–H groups in total. The van der Waals surface area contributed by atoms with E-state index in [2.05, 4.69) is 35.6 Å². The second-order valence-corrected chi connectivity index (χ2v) is 7.14. The number of benzene rings is 2. The highest BCUT2D eigenvalue weighted by molar-refractivity contribution is 5.78. The van der Waals surface area contributed by atoms with Crippen molar-refractivity contribution >= 4 is 5.91 Å². The van der Waals surface area contributed by atoms with Gasteiger partial charge < -0.3 is 10.1 Å². The van der Waals surface area contributed by atoms with Gasteiger partial charge in [0.25, 0.3) is 5.91 Å². The van der Waals surface area contributed by atoms with Crippen LogP contribution in [0.25, 0.3) is 0 Å². The van der Waals surface area contributed by atoms with Crippen LogP contribution < -0.4 is 10.1 Å². The van der Waals surface area contributed by atoms with Crippen LogP contribution >= 0.6 is 0 Å². The van der Waals surface area contributed by atoms with E-state index in [1.54, 1.807) is 0 Å². The van der Waals surface area contributed by atoms with Crippen molar-refractivity contribution in [2.75, 3.05) is 6.61 Å². The minimum atomic E-state index is -0.0422. The number of nitrogens with one attached hydrogen (secondary N) is 1. The highest BCUT2D eigenvalue weighted by Crippen LogP contribution is 2.29. The number of hydrogen-bond donors (Lipinski definition) is 1. The highest BCUT2D eigenvalue weighted by atomic mass is 16.5. The van der Waals surface area contributed by atoms with E-state index >= 15 is 0 Å². The Morgan fingerprint density at radius 3 is 2.68 bits per heavy atom. The predicted octanol–water partition coefficient (Wildman–Crippen LogP) is 4.14. The third-order valence-corrected chi connectivity index (χ3v) is 5.39. The zero-order chi connectivity index (χ0) is 17.1. The van der Waals surface area contributed by atoms with Gasteiger partial charge in [0, 0.05) is 0 Å². The molecule has 2 aromatic rings. The summed E-state index contributed by atoms with van der Waals surface area (Å²) >= 11 is 0. The molecule has 0 fully saturated rings. The fraction of sp³-hybridized carbons (Fsp3) is 0.409. The van der Waals surface area contributed by atoms with Crippen LogP contribution in [-0.4, -0.2) is 12.5 Å². The molecule has 0 heterocycles. The molecular formula is C22H25NO2. The van der Waals surface area contributed by atoms with Crippen LogP contribution in [0.2, 0.25) is 0 Å². The average molecular weight is 335 g/mol. The van der Waals surface area contributed by atoms with Crippen LogP contribution in [0.4, 0.5) is 0 Å². The zero-order valence-corrected chi connectivity index (χ0v) is 14.6. The summed E-state index contributed by atoms with van der Waals surface area (Å²) in [6.45, 7) is 0.0808. The fourth-order valence-electron chi connectivity index (χ4n) is 4.09. The molecule has 4 rings (SSSR count). The maximum absolute atomic E-state index is 12.3. The minimum Gasteiger partial charge on any atom is -0.484 e. The second-order valence-electron chi connectivity index (χ2n) is 7.14. The SMILES string of the molecule is O=C(COc1ccc2c(c1)CCCC2)N[C@H]1CCCc2ccccc21. The van der Waals surface area contributed by atoms with Gasteiger partial charge in [0.2, 0.25) is 0 Å². The average Bonchev–Trinajstić information content (AvgIpc) is 2.66. The number of hydrogen-bond acceptors (Lipinski definition) is 2. The normalized spacial score (nSPS) is 18.8. The molecule has 3 nitrogen and oxygen atoms in total. The monoisotopic (exact) mass is 335 g/mol. The van der Waals surface area contributed by atoms with Crippen molar-refractivity contribution in [2.45, 2.75) is 51.0 Å². The molecule has 2 aromatic carbocycles. The number of aryl methyl sites for hydroxylation is 3. The Bertz CT molecular complexity index is 768. The predicted molar refractivity (Wildman–Crippen MR) is 98.8 cm³/mol. The molecule has 0 radical (unpaired) electrons. The van der Waals surface area contributed by atoms with Gasteiger partial charge >= 0.3 is 0 Å². The molecule has 2 aliphatic carbocycles. The number of amides is 1. The van der Waals surface area contributed by atoms with Crippen molar-refractivity contribution in [2.24, 2.45) is 0 Å². The van der Waals surface area contributed by atoms with Gasteiger partial charge in [-0.3, -0.25) is 4.79 Å². The summed E-state index contributed by atoms with van der Waals surface area (Å²) in [7, 11) is 0. The van der Waals surface area contributed by atoms with E-state index in [1.807, 2.05) is 12.1 Å². The summed E-state index contributed by atoms with van der Waals surface area (Å²) in [5.74, 6) is 0.763. The molecule has 0 spiro atoms. The van der Waals surface area contributed by atoms with Crippen molar-refractivity contribution in [3.8, 4) is 5.75 Å². The molecule has 0 saturated carbocycles. The van der Waals surface area contributed by atoms with Crippen LogP contribution in [0.5, 0.6) is 5.75 Å². The Kier molecular flexibility index (Phi) is 4.73. The van der Waals surface area contributed by atoms with Crippen molar-refractivity contribution in [3.05, 3.63) is 64.7 Å². The summed E-state index contributed by atoms with van der Waals surface area (Å²) < 4.78 is 5.75. The molecular weight excluding hydrogens is 310 g/mol. The standard InChI is InChI=1S/C22H25NO2/c24-22(23-21-11-5-9-17-7-3-4-10-20(17)21)15-25-19-13-12-16-6-1-2-8-18(16)14-19/h3-4,7,10,12-14,21H,1-2,5-6,8-9,11,15H2,(H,23,24)/t21-/m0/s1. The van der Waals surface area contributed by atoms with E-state index in [0.29, 0.717) is 0 Å². The fourth-order valence-corrected chi connectivity index (χ4v) is 4.09. The van der Waals surface area contributed by atoms with Gasteiger partial charge in [-0.2, -0.15) is 0 Å². The topological polar surface area (TPSA) is 38.3 Å². The summed E-state index contributed by atoms with van der Waals surface area (Å²) in [6, 6.07) is 14.8. The van der Waals surface area contributed by atoms with Crippen molar-refractivity contribution in [1.29, 1.82) is 0 Å². The second kappa shape index (κ2) is 7.30. The molecule has 130 valence electrons. The van der Waals surface area contributed by atoms with E-state index in [1.165, 1.54) is 35.1 Å². The van der Waals surface area contributed by atoms with E-state index in [0.717, 1.165) is 37.9 Å². The first kappa shape index (κ1) is 16.2. The van der Waals surface area contributed by atoms with Crippen LogP contribution in [0.15, 0.2) is 42.5 Å². The maximum atomic E-state index is 12.3. The van der Waals surface area contributed by atoms with Crippen LogP contribution in [0, 0.1) is 0 Å². The van der Waals surface area contributed by atoms with Crippen molar-refractivity contribution in [1.82, 2.24) is 5.32 Å². The minimum absolute atomic E-state index is 0.0422. The zero-order valence-electron chi connectivity index (χ0n) is 14.6. The Balaban J connectivity index is 1.36. The summed E-state index contributed by atoms with van der Waals surface area (Å²) in [5, 5.41) is 3.14. The summed E-state index contributed by atoms with van der Waals surface area (Å²) in [5.41, 5.74) is 5.43. The lowest BCUT2D eigenvalue weighted by Gasteiger charge is -2.26. The Morgan fingerprint density at radius 2 is 1.76 bits per heavy atom. The number of carbonyl (C=O) groups excluding carboxylic acids is 1. The van der Waals surface area contributed by atoms with Gasteiger partial charge in [-0.1, -0.05) is 30.3 Å². The van der Waals surface area contributed by atoms with Gasteiger partial charge in [-0.15, -0.1) is 0 Å². The van der Waals surface area contributed by atoms with Gasteiger partial charge in [0.05, 0.1) is 6.04 Å². The molecule has 1 amide bonds. The van der Waals surface area contributed by atoms with Crippen LogP contribution in [0.1, 0.15) is 54.0 Å². The lowest BCUT2D eigenvalue weighted by atomic mass is 9.88. The molecule has 0 unspecified atom stereocenters. The quantitative estimate of drug-likeness (QED) is 0.912. The smallest absolute Gasteiger partial charge is 0.258 e. The maximum Gasteiger partial charge on any atom is 0.258 e. The third-order valence-electron chi connectivity index (χ3n) is 5.39. The lowest BCUT2D eigenvalue weighted by molar-refractivity contribution is -0.123. The number of rotatable bonds is 4. The summed E-state index contributed by atoms with van der Waals surface area (Å²) in [6.07, 6.45) is 8.04. The van der Waals surface area contributed by atoms with Crippen molar-refractivity contribution < 1.29 is 9.53 Å². The molecule has 0 aromatic heterocycles. The molecule has 3 heteroatoms. The number of fused-ring (bicyclic) bond motifs is 2. The lowest BCUT2D eigenvalue weighted by Crippen LogP contribution is -2.34. The van der Waals surface area contributed by atoms with Gasteiger partial charge in [-0.25, -0.2) is 0 Å². The molecule has 0 saturated heterocycles. The molecule has 0 bridgehead atoms. The van der Waals surface area contributed by atoms with Gasteiger partial charge in [0.15, 0.2) is 6.61 Å². The first-order valence-corrected chi connectivity index (χ1v) is 9.41. The van der Waals surface area contributed by atoms with Gasteiger partial charge in [0.1, 0.15) is 5.75 Å². The van der Waals surface area contributed by atoms with E-state index in [9.17, 15) is 4.79 Å². The molecule has 25 heavy (non-hydrogen) atoms. The number of ether oxygens (including phenoxy) is 1. The Labute approximate surface area is 149 Å². The van der Waals surface area contributed by atoms with E-state index in [-0.39, 0.29) is 18.6 Å². The van der Waals surface area contributed by atoms with Crippen LogP contribution in [-0.2, 0) is 24.1 Å². The molecule has 2 aliphatic rings. The Morgan fingerprint density at radius 1 is 0.960 bits per heavy atom. The van der Waals surface area contributed by atoms with E-state index < -0.39 is 0 Å². The third kappa shape index (κ3) is 3.71. The van der Waals surface area contributed by atoms with Gasteiger partial charge in [-0.05, 0) is 79.3 Å². The largest absolute Gasteiger partial charge is 0.484 e. The number of carbonyl (C=O) groups is 1. The van der Waals surface area contributed by atoms with Crippen molar-refractivity contribution in [3.63, 3.8) is 0 Å². The van der Waals surface area contributed by atoms with Crippen LogP contribution in [0.3, 0.4) is 0 Å². The molecule has 0 aliphatic heterocycles. The highest BCUT2D eigenvalue weighted by Gasteiger charge is 2.21. The van der Waals surface area contributed by atoms with E-state index in [4.69, 9.17) is 4.74 Å². The Hall–Kier alpha value is -2.29. The first-order chi connectivity index (χ1) is 12.3. The first-order valence-electron chi connectivity index (χ1n) is 9.41. The summed E-state index contributed by atoms with van der Waals surface area (Å²) in [4.78, 5) is 12.3.